The van der Waals surface area contributed by atoms with E-state index in [-0.39, 0.29) is 15.1 Å². The van der Waals surface area contributed by atoms with Crippen molar-refractivity contribution in [2.75, 3.05) is 0 Å². The minimum Gasteiger partial charge on any atom is -0.258 e. The second-order valence-electron chi connectivity index (χ2n) is 3.89. The van der Waals surface area contributed by atoms with Crippen molar-refractivity contribution in [2.24, 2.45) is 0 Å². The highest BCUT2D eigenvalue weighted by Gasteiger charge is 2.25. The van der Waals surface area contributed by atoms with E-state index >= 15 is 0 Å². The highest BCUT2D eigenvalue weighted by atomic mass is 35.5. The molecule has 0 spiro atoms. The van der Waals surface area contributed by atoms with Crippen molar-refractivity contribution in [1.29, 1.82) is 0 Å². The third-order valence-corrected chi connectivity index (χ3v) is 6.64. The molecule has 10 heteroatoms. The van der Waals surface area contributed by atoms with Crippen LogP contribution in [0.5, 0.6) is 0 Å². The van der Waals surface area contributed by atoms with Crippen molar-refractivity contribution in [3.05, 3.63) is 42.4 Å². The number of hydrogen-bond donors (Lipinski definition) is 1. The van der Waals surface area contributed by atoms with Gasteiger partial charge in [0.1, 0.15) is 4.21 Å². The molecule has 0 aromatic carbocycles. The topological polar surface area (TPSA) is 89.3 Å². The monoisotopic (exact) mass is 352 g/mol. The summed E-state index contributed by atoms with van der Waals surface area (Å²) < 4.78 is 26.2. The first-order valence-electron chi connectivity index (χ1n) is 5.26. The Morgan fingerprint density at radius 3 is 2.65 bits per heavy atom. The molecule has 0 unspecified atom stereocenters. The zero-order chi connectivity index (χ0) is 14.9. The smallest absolute Gasteiger partial charge is 0.258 e. The molecule has 0 aliphatic carbocycles. The van der Waals surface area contributed by atoms with Gasteiger partial charge in [-0.1, -0.05) is 11.6 Å². The van der Waals surface area contributed by atoms with Crippen LogP contribution in [0.3, 0.4) is 0 Å². The number of hydrogen-bond acceptors (Lipinski definition) is 6. The van der Waals surface area contributed by atoms with Gasteiger partial charge in [-0.15, -0.1) is 11.3 Å². The van der Waals surface area contributed by atoms with Gasteiger partial charge in [0.2, 0.25) is 0 Å². The normalized spacial score (nSPS) is 11.7. The lowest BCUT2D eigenvalue weighted by Crippen LogP contribution is -2.22. The van der Waals surface area contributed by atoms with Gasteiger partial charge < -0.3 is 0 Å². The SMILES string of the molecule is Cc1cscc1CNS(=O)(=O)c1cc([N+](=O)[O-])c(Cl)s1. The Morgan fingerprint density at radius 1 is 1.45 bits per heavy atom. The summed E-state index contributed by atoms with van der Waals surface area (Å²) in [5, 5.41) is 14.4. The lowest BCUT2D eigenvalue weighted by atomic mass is 10.2. The average Bonchev–Trinajstić information content (AvgIpc) is 2.93. The standard InChI is InChI=1S/C10H9ClN2O4S3/c1-6-4-18-5-7(6)3-12-20(16,17)9-2-8(13(14)15)10(11)19-9/h2,4-5,12H,3H2,1H3. The number of sulfonamides is 1. The van der Waals surface area contributed by atoms with Crippen LogP contribution in [0.2, 0.25) is 4.34 Å². The molecule has 108 valence electrons. The molecule has 6 nitrogen and oxygen atoms in total. The Hall–Kier alpha value is -1.000. The van der Waals surface area contributed by atoms with E-state index in [1.807, 2.05) is 17.7 Å². The van der Waals surface area contributed by atoms with E-state index in [1.54, 1.807) is 0 Å². The number of halogens is 1. The minimum absolute atomic E-state index is 0.140. The zero-order valence-electron chi connectivity index (χ0n) is 10.1. The van der Waals surface area contributed by atoms with E-state index in [2.05, 4.69) is 4.72 Å². The van der Waals surface area contributed by atoms with Crippen LogP contribution in [0.4, 0.5) is 5.69 Å². The minimum atomic E-state index is -3.80. The molecule has 0 saturated carbocycles. The molecule has 0 aliphatic rings. The van der Waals surface area contributed by atoms with Crippen molar-refractivity contribution >= 4 is 50.0 Å². The molecule has 0 atom stereocenters. The van der Waals surface area contributed by atoms with Crippen LogP contribution in [0, 0.1) is 17.0 Å². The number of nitro groups is 1. The van der Waals surface area contributed by atoms with Crippen LogP contribution < -0.4 is 4.72 Å². The van der Waals surface area contributed by atoms with Crippen LogP contribution in [-0.4, -0.2) is 13.3 Å². The average molecular weight is 353 g/mol. The van der Waals surface area contributed by atoms with E-state index in [1.165, 1.54) is 11.3 Å². The summed E-state index contributed by atoms with van der Waals surface area (Å²) in [4.78, 5) is 9.96. The summed E-state index contributed by atoms with van der Waals surface area (Å²) in [6, 6.07) is 0.968. The van der Waals surface area contributed by atoms with Crippen LogP contribution >= 0.6 is 34.3 Å². The molecule has 0 amide bonds. The molecule has 2 heterocycles. The van der Waals surface area contributed by atoms with Gasteiger partial charge >= 0.3 is 0 Å². The summed E-state index contributed by atoms with van der Waals surface area (Å²) in [7, 11) is -3.80. The maximum Gasteiger partial charge on any atom is 0.300 e. The van der Waals surface area contributed by atoms with Crippen LogP contribution in [0.15, 0.2) is 21.0 Å². The Balaban J connectivity index is 2.20. The van der Waals surface area contributed by atoms with Crippen LogP contribution in [0.25, 0.3) is 0 Å². The zero-order valence-corrected chi connectivity index (χ0v) is 13.3. The summed E-state index contributed by atoms with van der Waals surface area (Å²) in [5.74, 6) is 0. The number of aryl methyl sites for hydroxylation is 1. The lowest BCUT2D eigenvalue weighted by Gasteiger charge is -2.03. The van der Waals surface area contributed by atoms with Gasteiger partial charge in [-0.3, -0.25) is 10.1 Å². The quantitative estimate of drug-likeness (QED) is 0.661. The summed E-state index contributed by atoms with van der Waals surface area (Å²) in [6.45, 7) is 2.02. The predicted octanol–water partition coefficient (Wildman–Crippen LogP) is 3.16. The van der Waals surface area contributed by atoms with Crippen LogP contribution in [-0.2, 0) is 16.6 Å². The van der Waals surface area contributed by atoms with Gasteiger partial charge in [0.05, 0.1) is 4.92 Å². The van der Waals surface area contributed by atoms with E-state index in [4.69, 9.17) is 11.6 Å². The molecule has 0 saturated heterocycles. The first-order chi connectivity index (χ1) is 9.31. The first kappa shape index (κ1) is 15.4. The number of thiophene rings is 2. The van der Waals surface area contributed by atoms with Crippen molar-refractivity contribution in [2.45, 2.75) is 17.7 Å². The molecule has 0 bridgehead atoms. The van der Waals surface area contributed by atoms with Crippen molar-refractivity contribution in [1.82, 2.24) is 4.72 Å². The largest absolute Gasteiger partial charge is 0.300 e. The molecule has 1 N–H and O–H groups in total. The van der Waals surface area contributed by atoms with E-state index in [0.717, 1.165) is 17.2 Å². The fourth-order valence-corrected chi connectivity index (χ4v) is 4.98. The van der Waals surface area contributed by atoms with Gasteiger partial charge in [-0.2, -0.15) is 11.3 Å². The van der Waals surface area contributed by atoms with Gasteiger partial charge in [0, 0.05) is 12.6 Å². The molecule has 0 aliphatic heterocycles. The van der Waals surface area contributed by atoms with E-state index in [0.29, 0.717) is 11.3 Å². The highest BCUT2D eigenvalue weighted by molar-refractivity contribution is 7.91. The molecule has 2 aromatic rings. The fourth-order valence-electron chi connectivity index (χ4n) is 1.41. The van der Waals surface area contributed by atoms with Gasteiger partial charge in [0.25, 0.3) is 15.7 Å². The van der Waals surface area contributed by atoms with Gasteiger partial charge in [-0.05, 0) is 28.8 Å². The molecule has 0 fully saturated rings. The molecule has 2 aromatic heterocycles. The fraction of sp³-hybridized carbons (Fsp3) is 0.200. The van der Waals surface area contributed by atoms with Gasteiger partial charge in [-0.25, -0.2) is 13.1 Å². The second kappa shape index (κ2) is 5.78. The third-order valence-electron chi connectivity index (χ3n) is 2.52. The molecular formula is C10H9ClN2O4S3. The molecule has 0 radical (unpaired) electrons. The molecular weight excluding hydrogens is 344 g/mol. The first-order valence-corrected chi connectivity index (χ1v) is 8.88. The van der Waals surface area contributed by atoms with Crippen molar-refractivity contribution in [3.8, 4) is 0 Å². The maximum atomic E-state index is 12.0. The number of nitrogens with one attached hydrogen (secondary N) is 1. The van der Waals surface area contributed by atoms with E-state index in [9.17, 15) is 18.5 Å². The number of nitrogens with zero attached hydrogens (tertiary/aromatic N) is 1. The Kier molecular flexibility index (Phi) is 4.45. The second-order valence-corrected chi connectivity index (χ2v) is 8.28. The summed E-state index contributed by atoms with van der Waals surface area (Å²) >= 11 is 7.80. The van der Waals surface area contributed by atoms with Crippen molar-refractivity contribution < 1.29 is 13.3 Å². The summed E-state index contributed by atoms with van der Waals surface area (Å²) in [5.41, 5.74) is 1.47. The third kappa shape index (κ3) is 3.18. The number of rotatable bonds is 5. The molecule has 2 rings (SSSR count). The van der Waals surface area contributed by atoms with E-state index < -0.39 is 20.6 Å². The Bertz CT molecular complexity index is 750. The Labute approximate surface area is 128 Å². The summed E-state index contributed by atoms with van der Waals surface area (Å²) in [6.07, 6.45) is 0. The highest BCUT2D eigenvalue weighted by Crippen LogP contribution is 2.36. The Morgan fingerprint density at radius 2 is 2.15 bits per heavy atom. The van der Waals surface area contributed by atoms with Crippen LogP contribution in [0.1, 0.15) is 11.1 Å². The lowest BCUT2D eigenvalue weighted by molar-refractivity contribution is -0.384. The van der Waals surface area contributed by atoms with Gasteiger partial charge in [0.15, 0.2) is 4.34 Å². The predicted molar refractivity (Wildman–Crippen MR) is 79.1 cm³/mol. The van der Waals surface area contributed by atoms with Crippen molar-refractivity contribution in [3.63, 3.8) is 0 Å². The molecule has 20 heavy (non-hydrogen) atoms. The maximum absolute atomic E-state index is 12.0.